The van der Waals surface area contributed by atoms with Crippen LogP contribution in [0.1, 0.15) is 31.7 Å². The lowest BCUT2D eigenvalue weighted by Gasteiger charge is -2.28. The maximum Gasteiger partial charge on any atom is 0.223 e. The van der Waals surface area contributed by atoms with Gasteiger partial charge in [0.25, 0.3) is 0 Å². The van der Waals surface area contributed by atoms with Gasteiger partial charge in [0.15, 0.2) is 0 Å². The number of ether oxygens (including phenoxy) is 1. The van der Waals surface area contributed by atoms with Crippen LogP contribution in [0.25, 0.3) is 0 Å². The Morgan fingerprint density at radius 1 is 1.45 bits per heavy atom. The van der Waals surface area contributed by atoms with Crippen LogP contribution < -0.4 is 10.1 Å². The number of carbonyl (C=O) groups is 1. The molecule has 0 aromatic heterocycles. The van der Waals surface area contributed by atoms with Gasteiger partial charge in [0.05, 0.1) is 7.11 Å². The molecule has 1 saturated heterocycles. The van der Waals surface area contributed by atoms with E-state index in [1.165, 1.54) is 0 Å². The summed E-state index contributed by atoms with van der Waals surface area (Å²) in [5.41, 5.74) is 1.16. The predicted molar refractivity (Wildman–Crippen MR) is 91.8 cm³/mol. The highest BCUT2D eigenvalue weighted by molar-refractivity contribution is 5.85. The van der Waals surface area contributed by atoms with Crippen molar-refractivity contribution in [2.24, 2.45) is 0 Å². The molecular formula is C17H27ClN2O2. The van der Waals surface area contributed by atoms with Gasteiger partial charge in [-0.3, -0.25) is 4.79 Å². The van der Waals surface area contributed by atoms with Crippen LogP contribution in [-0.2, 0) is 11.2 Å². The van der Waals surface area contributed by atoms with E-state index in [-0.39, 0.29) is 18.3 Å². The number of nitrogens with one attached hydrogen (secondary N) is 1. The normalized spacial score (nSPS) is 16.9. The second-order valence-electron chi connectivity index (χ2n) is 5.59. The first kappa shape index (κ1) is 18.8. The minimum absolute atomic E-state index is 0. The lowest BCUT2D eigenvalue weighted by Crippen LogP contribution is -2.42. The van der Waals surface area contributed by atoms with Gasteiger partial charge in [-0.15, -0.1) is 12.4 Å². The maximum absolute atomic E-state index is 12.5. The van der Waals surface area contributed by atoms with Gasteiger partial charge in [0, 0.05) is 25.6 Å². The van der Waals surface area contributed by atoms with E-state index in [0.717, 1.165) is 50.2 Å². The Balaban J connectivity index is 0.00000242. The smallest absolute Gasteiger partial charge is 0.223 e. The number of amides is 1. The van der Waals surface area contributed by atoms with Gasteiger partial charge >= 0.3 is 0 Å². The Hall–Kier alpha value is -1.26. The fraction of sp³-hybridized carbons (Fsp3) is 0.588. The Kier molecular flexibility index (Phi) is 8.28. The third-order valence-corrected chi connectivity index (χ3v) is 4.02. The number of aryl methyl sites for hydroxylation is 1. The molecule has 124 valence electrons. The zero-order chi connectivity index (χ0) is 15.1. The van der Waals surface area contributed by atoms with Crippen LogP contribution >= 0.6 is 12.4 Å². The lowest BCUT2D eigenvalue weighted by atomic mass is 10.1. The van der Waals surface area contributed by atoms with Crippen LogP contribution in [0, 0.1) is 0 Å². The number of hydrogen-bond acceptors (Lipinski definition) is 3. The van der Waals surface area contributed by atoms with Crippen molar-refractivity contribution in [3.8, 4) is 5.75 Å². The molecule has 1 unspecified atom stereocenters. The van der Waals surface area contributed by atoms with Crippen molar-refractivity contribution in [3.05, 3.63) is 29.8 Å². The van der Waals surface area contributed by atoms with Crippen molar-refractivity contribution in [3.63, 3.8) is 0 Å². The van der Waals surface area contributed by atoms with Crippen LogP contribution in [0.15, 0.2) is 24.3 Å². The van der Waals surface area contributed by atoms with E-state index in [9.17, 15) is 4.79 Å². The molecule has 1 atom stereocenters. The molecule has 1 aliphatic heterocycles. The quantitative estimate of drug-likeness (QED) is 0.837. The molecule has 1 aliphatic rings. The molecule has 0 radical (unpaired) electrons. The van der Waals surface area contributed by atoms with Gasteiger partial charge in [-0.25, -0.2) is 0 Å². The molecule has 1 heterocycles. The zero-order valence-electron chi connectivity index (χ0n) is 13.5. The highest BCUT2D eigenvalue weighted by Crippen LogP contribution is 2.16. The molecule has 1 fully saturated rings. The highest BCUT2D eigenvalue weighted by Gasteiger charge is 2.25. The molecule has 1 amide bonds. The van der Waals surface area contributed by atoms with Gasteiger partial charge < -0.3 is 15.0 Å². The van der Waals surface area contributed by atoms with E-state index in [0.29, 0.717) is 12.5 Å². The van der Waals surface area contributed by atoms with Crippen molar-refractivity contribution in [2.45, 2.75) is 38.6 Å². The van der Waals surface area contributed by atoms with Gasteiger partial charge in [0.1, 0.15) is 5.75 Å². The summed E-state index contributed by atoms with van der Waals surface area (Å²) in [5, 5.41) is 3.34. The molecule has 0 saturated carbocycles. The highest BCUT2D eigenvalue weighted by atomic mass is 35.5. The Labute approximate surface area is 139 Å². The van der Waals surface area contributed by atoms with Crippen molar-refractivity contribution < 1.29 is 9.53 Å². The number of methoxy groups -OCH3 is 1. The largest absolute Gasteiger partial charge is 0.497 e. The third-order valence-electron chi connectivity index (χ3n) is 4.02. The van der Waals surface area contributed by atoms with E-state index in [4.69, 9.17) is 4.74 Å². The minimum atomic E-state index is 0. The molecular weight excluding hydrogens is 300 g/mol. The lowest BCUT2D eigenvalue weighted by molar-refractivity contribution is -0.133. The zero-order valence-corrected chi connectivity index (χ0v) is 14.3. The SMILES string of the molecule is CCCN(C(=O)CCc1cccc(OC)c1)C1CCNC1.Cl. The van der Waals surface area contributed by atoms with E-state index in [2.05, 4.69) is 23.2 Å². The van der Waals surface area contributed by atoms with Crippen molar-refractivity contribution in [1.29, 1.82) is 0 Å². The monoisotopic (exact) mass is 326 g/mol. The summed E-state index contributed by atoms with van der Waals surface area (Å²) in [5.74, 6) is 1.12. The van der Waals surface area contributed by atoms with Crippen molar-refractivity contribution in [1.82, 2.24) is 10.2 Å². The predicted octanol–water partition coefficient (Wildman–Crippen LogP) is 2.65. The number of nitrogens with zero attached hydrogens (tertiary/aromatic N) is 1. The molecule has 0 aliphatic carbocycles. The Morgan fingerprint density at radius 2 is 2.27 bits per heavy atom. The number of rotatable bonds is 7. The fourth-order valence-corrected chi connectivity index (χ4v) is 2.88. The molecule has 4 nitrogen and oxygen atoms in total. The molecule has 0 spiro atoms. The Bertz CT molecular complexity index is 462. The summed E-state index contributed by atoms with van der Waals surface area (Å²) < 4.78 is 5.23. The van der Waals surface area contributed by atoms with E-state index >= 15 is 0 Å². The standard InChI is InChI=1S/C17H26N2O2.ClH/c1-3-11-19(15-9-10-18-13-15)17(20)8-7-14-5-4-6-16(12-14)21-2;/h4-6,12,15,18H,3,7-11,13H2,1-2H3;1H. The van der Waals surface area contributed by atoms with E-state index in [1.54, 1.807) is 7.11 Å². The average Bonchev–Trinajstić information content (AvgIpc) is 3.04. The molecule has 1 aromatic carbocycles. The number of carbonyl (C=O) groups excluding carboxylic acids is 1. The molecule has 0 bridgehead atoms. The third kappa shape index (κ3) is 5.18. The summed E-state index contributed by atoms with van der Waals surface area (Å²) >= 11 is 0. The van der Waals surface area contributed by atoms with Gasteiger partial charge in [-0.1, -0.05) is 19.1 Å². The average molecular weight is 327 g/mol. The number of hydrogen-bond donors (Lipinski definition) is 1. The topological polar surface area (TPSA) is 41.6 Å². The molecule has 2 rings (SSSR count). The molecule has 1 aromatic rings. The summed E-state index contributed by atoms with van der Waals surface area (Å²) in [6, 6.07) is 8.34. The Morgan fingerprint density at radius 3 is 2.91 bits per heavy atom. The first-order valence-corrected chi connectivity index (χ1v) is 7.87. The summed E-state index contributed by atoms with van der Waals surface area (Å²) in [7, 11) is 1.67. The van der Waals surface area contributed by atoms with Crippen LogP contribution in [0.2, 0.25) is 0 Å². The van der Waals surface area contributed by atoms with E-state index in [1.807, 2.05) is 18.2 Å². The van der Waals surface area contributed by atoms with Crippen LogP contribution in [-0.4, -0.2) is 43.6 Å². The number of halogens is 1. The van der Waals surface area contributed by atoms with Gasteiger partial charge in [-0.2, -0.15) is 0 Å². The molecule has 22 heavy (non-hydrogen) atoms. The summed E-state index contributed by atoms with van der Waals surface area (Å²) in [6.45, 7) is 4.95. The van der Waals surface area contributed by atoms with Crippen molar-refractivity contribution in [2.75, 3.05) is 26.7 Å². The maximum atomic E-state index is 12.5. The van der Waals surface area contributed by atoms with Crippen LogP contribution in [0.3, 0.4) is 0 Å². The van der Waals surface area contributed by atoms with Crippen molar-refractivity contribution >= 4 is 18.3 Å². The number of benzene rings is 1. The first-order valence-electron chi connectivity index (χ1n) is 7.87. The van der Waals surface area contributed by atoms with Gasteiger partial charge in [-0.05, 0) is 43.5 Å². The second-order valence-corrected chi connectivity index (χ2v) is 5.59. The molecule has 5 heteroatoms. The minimum Gasteiger partial charge on any atom is -0.497 e. The second kappa shape index (κ2) is 9.70. The van der Waals surface area contributed by atoms with Crippen LogP contribution in [0.5, 0.6) is 5.75 Å². The summed E-state index contributed by atoms with van der Waals surface area (Å²) in [4.78, 5) is 14.6. The van der Waals surface area contributed by atoms with Gasteiger partial charge in [0.2, 0.25) is 5.91 Å². The van der Waals surface area contributed by atoms with Crippen LogP contribution in [0.4, 0.5) is 0 Å². The summed E-state index contributed by atoms with van der Waals surface area (Å²) in [6.07, 6.45) is 3.44. The fourth-order valence-electron chi connectivity index (χ4n) is 2.88. The van der Waals surface area contributed by atoms with E-state index < -0.39 is 0 Å². The molecule has 1 N–H and O–H groups in total. The first-order chi connectivity index (χ1) is 10.2.